The Balaban J connectivity index is 1.40. The van der Waals surface area contributed by atoms with Crippen LogP contribution >= 0.6 is 0 Å². The Morgan fingerprint density at radius 3 is 0.926 bits per heavy atom. The molecule has 1 fully saturated rings. The number of nitrogens with zero attached hydrogens (tertiary/aromatic N) is 2. The van der Waals surface area contributed by atoms with Gasteiger partial charge in [0.1, 0.15) is 22.3 Å². The Labute approximate surface area is 315 Å². The molecule has 8 aromatic carbocycles. The van der Waals surface area contributed by atoms with E-state index in [2.05, 4.69) is 215 Å². The molecule has 54 heavy (non-hydrogen) atoms. The largest absolute Gasteiger partial charge is 0.456 e. The molecule has 0 atom stereocenters. The molecule has 0 unspecified atom stereocenters. The summed E-state index contributed by atoms with van der Waals surface area (Å²) >= 11 is 0. The Hall–Kier alpha value is -6.61. The molecule has 0 N–H and O–H groups in total. The molecule has 3 heterocycles. The Morgan fingerprint density at radius 1 is 0.278 bits per heavy atom. The fourth-order valence-electron chi connectivity index (χ4n) is 9.25. The monoisotopic (exact) mass is 726 g/mol. The van der Waals surface area contributed by atoms with Crippen LogP contribution in [0.4, 0.5) is 11.4 Å². The normalized spacial score (nSPS) is 14.9. The van der Waals surface area contributed by atoms with Crippen LogP contribution in [-0.2, 0) is 0 Å². The van der Waals surface area contributed by atoms with Gasteiger partial charge in [-0.3, -0.25) is 0 Å². The topological polar surface area (TPSA) is 32.8 Å². The highest BCUT2D eigenvalue weighted by Gasteiger charge is 2.75. The molecule has 2 aromatic heterocycles. The first-order valence-electron chi connectivity index (χ1n) is 18.4. The minimum atomic E-state index is -3.25. The predicted octanol–water partition coefficient (Wildman–Crippen LogP) is 9.33. The lowest BCUT2D eigenvalue weighted by molar-refractivity contribution is 0.668. The van der Waals surface area contributed by atoms with Crippen LogP contribution in [0.15, 0.2) is 215 Å². The summed E-state index contributed by atoms with van der Waals surface area (Å²) in [5.41, 5.74) is 5.95. The molecular weight excluding hydrogens is 693 g/mol. The van der Waals surface area contributed by atoms with E-state index in [1.807, 2.05) is 0 Å². The highest BCUT2D eigenvalue weighted by atomic mass is 28.5. The lowest BCUT2D eigenvalue weighted by Gasteiger charge is -2.73. The summed E-state index contributed by atoms with van der Waals surface area (Å²) in [6.07, 6.45) is 0. The van der Waals surface area contributed by atoms with Gasteiger partial charge in [0.05, 0.1) is 10.8 Å². The maximum absolute atomic E-state index is 6.66. The molecule has 11 rings (SSSR count). The van der Waals surface area contributed by atoms with E-state index in [9.17, 15) is 0 Å². The minimum Gasteiger partial charge on any atom is -0.456 e. The molecule has 0 spiro atoms. The maximum atomic E-state index is 6.66. The van der Waals surface area contributed by atoms with Crippen LogP contribution in [0.25, 0.3) is 43.9 Å². The second-order valence-electron chi connectivity index (χ2n) is 14.0. The van der Waals surface area contributed by atoms with Gasteiger partial charge in [0.2, 0.25) is 0 Å². The van der Waals surface area contributed by atoms with Crippen molar-refractivity contribution in [3.63, 3.8) is 0 Å². The highest BCUT2D eigenvalue weighted by molar-refractivity contribution is 7.38. The maximum Gasteiger partial charge on any atom is 0.318 e. The first-order chi connectivity index (χ1) is 26.8. The van der Waals surface area contributed by atoms with Crippen molar-refractivity contribution in [2.75, 3.05) is 8.46 Å². The average Bonchev–Trinajstić information content (AvgIpc) is 3.82. The van der Waals surface area contributed by atoms with Crippen molar-refractivity contribution in [3.8, 4) is 0 Å². The molecule has 10 aromatic rings. The van der Waals surface area contributed by atoms with Gasteiger partial charge in [-0.25, -0.2) is 0 Å². The molecule has 4 nitrogen and oxygen atoms in total. The number of benzene rings is 8. The fraction of sp³-hybridized carbons (Fsp3) is 0. The second-order valence-corrected chi connectivity index (χ2v) is 21.7. The lowest BCUT2D eigenvalue weighted by atomic mass is 10.1. The quantitative estimate of drug-likeness (QED) is 0.160. The molecule has 1 saturated heterocycles. The Bertz CT molecular complexity index is 2670. The van der Waals surface area contributed by atoms with Gasteiger partial charge in [-0.1, -0.05) is 170 Å². The molecule has 1 aliphatic heterocycles. The summed E-state index contributed by atoms with van der Waals surface area (Å²) in [6.45, 7) is 0. The van der Waals surface area contributed by atoms with Gasteiger partial charge < -0.3 is 17.3 Å². The van der Waals surface area contributed by atoms with Crippen LogP contribution in [-0.4, -0.2) is 16.8 Å². The number of furan rings is 2. The van der Waals surface area contributed by atoms with Crippen molar-refractivity contribution in [3.05, 3.63) is 206 Å². The number of hydrogen-bond donors (Lipinski definition) is 0. The smallest absolute Gasteiger partial charge is 0.318 e. The zero-order valence-electron chi connectivity index (χ0n) is 29.3. The molecule has 0 radical (unpaired) electrons. The number of rotatable bonds is 6. The summed E-state index contributed by atoms with van der Waals surface area (Å²) < 4.78 is 19.2. The third kappa shape index (κ3) is 4.12. The van der Waals surface area contributed by atoms with Crippen molar-refractivity contribution >= 4 is 92.8 Å². The number of fused-ring (bicyclic) bond motifs is 6. The number of hydrogen-bond acceptors (Lipinski definition) is 4. The first kappa shape index (κ1) is 31.0. The number of anilines is 2. The van der Waals surface area contributed by atoms with Gasteiger partial charge in [0, 0.05) is 22.1 Å². The molecule has 0 aliphatic carbocycles. The standard InChI is InChI=1S/C48H34N2O2Si2/c1-5-19-35(20-6-1)53(36-21-7-2-8-22-36)49(41-29-17-33-45-47(41)39-27-13-15-31-43(39)51-45)54(37-23-9-3-10-24-37,38-25-11-4-12-26-38)50(53)42-30-18-34-46-48(42)40-28-14-16-32-44(40)52-46/h1-34H. The highest BCUT2D eigenvalue weighted by Crippen LogP contribution is 2.51. The Kier molecular flexibility index (Phi) is 6.86. The summed E-state index contributed by atoms with van der Waals surface area (Å²) in [5.74, 6) is 0. The summed E-state index contributed by atoms with van der Waals surface area (Å²) in [5, 5.41) is 9.76. The predicted molar refractivity (Wildman–Crippen MR) is 228 cm³/mol. The van der Waals surface area contributed by atoms with E-state index in [4.69, 9.17) is 8.83 Å². The van der Waals surface area contributed by atoms with E-state index in [-0.39, 0.29) is 0 Å². The molecule has 256 valence electrons. The fourth-order valence-corrected chi connectivity index (χ4v) is 24.5. The SMILES string of the molecule is c1ccc([Si]2(c3ccccc3)N(c3cccc4oc5ccccc5c34)[Si](c3ccccc3)(c3ccccc3)N2c2cccc3oc4ccccc4c23)cc1. The molecular formula is C48H34N2O2Si2. The van der Waals surface area contributed by atoms with Gasteiger partial charge in [0.25, 0.3) is 0 Å². The van der Waals surface area contributed by atoms with Gasteiger partial charge in [-0.05, 0) is 57.1 Å². The van der Waals surface area contributed by atoms with Crippen molar-refractivity contribution in [1.29, 1.82) is 0 Å². The third-order valence-electron chi connectivity index (χ3n) is 11.2. The second kappa shape index (κ2) is 12.0. The van der Waals surface area contributed by atoms with Gasteiger partial charge >= 0.3 is 16.8 Å². The van der Waals surface area contributed by atoms with Crippen LogP contribution in [0.5, 0.6) is 0 Å². The van der Waals surface area contributed by atoms with Crippen molar-refractivity contribution in [2.24, 2.45) is 0 Å². The van der Waals surface area contributed by atoms with Crippen molar-refractivity contribution in [2.45, 2.75) is 0 Å². The summed E-state index contributed by atoms with van der Waals surface area (Å²) in [6, 6.07) is 75.3. The summed E-state index contributed by atoms with van der Waals surface area (Å²) in [4.78, 5) is 0. The van der Waals surface area contributed by atoms with Gasteiger partial charge in [0.15, 0.2) is 0 Å². The zero-order valence-corrected chi connectivity index (χ0v) is 31.3. The van der Waals surface area contributed by atoms with Crippen LogP contribution < -0.4 is 29.2 Å². The van der Waals surface area contributed by atoms with Gasteiger partial charge in [-0.15, -0.1) is 0 Å². The Morgan fingerprint density at radius 2 is 0.574 bits per heavy atom. The molecule has 0 bridgehead atoms. The van der Waals surface area contributed by atoms with Crippen LogP contribution in [0, 0.1) is 0 Å². The molecule has 0 amide bonds. The van der Waals surface area contributed by atoms with E-state index in [0.29, 0.717) is 0 Å². The van der Waals surface area contributed by atoms with Crippen molar-refractivity contribution < 1.29 is 8.83 Å². The molecule has 6 heteroatoms. The number of para-hydroxylation sites is 2. The average molecular weight is 727 g/mol. The van der Waals surface area contributed by atoms with E-state index in [1.54, 1.807) is 0 Å². The van der Waals surface area contributed by atoms with Crippen molar-refractivity contribution in [1.82, 2.24) is 0 Å². The van der Waals surface area contributed by atoms with E-state index < -0.39 is 16.8 Å². The molecule has 0 saturated carbocycles. The van der Waals surface area contributed by atoms with E-state index in [1.165, 1.54) is 32.1 Å². The van der Waals surface area contributed by atoms with E-state index in [0.717, 1.165) is 43.9 Å². The molecule has 1 aliphatic rings. The first-order valence-corrected chi connectivity index (χ1v) is 22.2. The minimum absolute atomic E-state index is 0.892. The van der Waals surface area contributed by atoms with E-state index >= 15 is 0 Å². The zero-order chi connectivity index (χ0) is 35.7. The van der Waals surface area contributed by atoms with Crippen LogP contribution in [0.3, 0.4) is 0 Å². The van der Waals surface area contributed by atoms with Crippen LogP contribution in [0.2, 0.25) is 0 Å². The van der Waals surface area contributed by atoms with Gasteiger partial charge in [-0.2, -0.15) is 0 Å². The lowest BCUT2D eigenvalue weighted by Crippen LogP contribution is -3.07. The van der Waals surface area contributed by atoms with Crippen LogP contribution in [0.1, 0.15) is 0 Å². The summed E-state index contributed by atoms with van der Waals surface area (Å²) in [7, 11) is -6.49. The third-order valence-corrected chi connectivity index (χ3v) is 23.2.